The predicted molar refractivity (Wildman–Crippen MR) is 108 cm³/mol. The molecule has 0 unspecified atom stereocenters. The first-order valence-corrected chi connectivity index (χ1v) is 9.71. The molecule has 9 heteroatoms. The van der Waals surface area contributed by atoms with Crippen LogP contribution in [0.2, 0.25) is 15.2 Å². The maximum absolute atomic E-state index is 12.2. The van der Waals surface area contributed by atoms with Gasteiger partial charge in [0.25, 0.3) is 5.91 Å². The number of amides is 1. The molecule has 1 aromatic carbocycles. The number of benzene rings is 1. The third-order valence-corrected chi connectivity index (χ3v) is 5.06. The summed E-state index contributed by atoms with van der Waals surface area (Å²) in [5.74, 6) is 1.09. The van der Waals surface area contributed by atoms with Crippen molar-refractivity contribution in [2.24, 2.45) is 0 Å². The summed E-state index contributed by atoms with van der Waals surface area (Å²) in [6, 6.07) is 10.4. The summed E-state index contributed by atoms with van der Waals surface area (Å²) in [6.07, 6.45) is 0.647. The van der Waals surface area contributed by atoms with E-state index in [4.69, 9.17) is 44.0 Å². The van der Waals surface area contributed by atoms with E-state index in [9.17, 15) is 4.79 Å². The Morgan fingerprint density at radius 1 is 1.25 bits per heavy atom. The lowest BCUT2D eigenvalue weighted by molar-refractivity contribution is 0.0921. The number of hydrogen-bond donors (Lipinski definition) is 1. The second-order valence-electron chi connectivity index (χ2n) is 6.03. The van der Waals surface area contributed by atoms with E-state index < -0.39 is 0 Å². The molecule has 0 fully saturated rings. The van der Waals surface area contributed by atoms with Crippen LogP contribution in [0.5, 0.6) is 5.75 Å². The van der Waals surface area contributed by atoms with Crippen LogP contribution in [0, 0.1) is 6.92 Å². The summed E-state index contributed by atoms with van der Waals surface area (Å²) in [4.78, 5) is 12.2. The second kappa shape index (κ2) is 9.37. The standard InChI is InChI=1S/C19H18Cl3N3O3/c1-12-17(21)18(22)25(24-12)9-3-8-23-19(26)16-7-6-15(28-16)11-27-14-5-2-4-13(20)10-14/h2,4-7,10H,3,8-9,11H2,1H3,(H,23,26). The van der Waals surface area contributed by atoms with E-state index in [0.717, 1.165) is 0 Å². The Balaban J connectivity index is 1.44. The Hall–Kier alpha value is -2.15. The summed E-state index contributed by atoms with van der Waals surface area (Å²) in [5, 5.41) is 8.48. The molecular formula is C19H18Cl3N3O3. The molecule has 0 atom stereocenters. The topological polar surface area (TPSA) is 69.3 Å². The molecule has 0 aliphatic heterocycles. The number of aryl methyl sites for hydroxylation is 2. The number of aromatic nitrogens is 2. The van der Waals surface area contributed by atoms with Crippen LogP contribution in [0.1, 0.15) is 28.4 Å². The van der Waals surface area contributed by atoms with Gasteiger partial charge in [-0.2, -0.15) is 5.10 Å². The number of halogens is 3. The van der Waals surface area contributed by atoms with Gasteiger partial charge in [0.05, 0.1) is 5.69 Å². The van der Waals surface area contributed by atoms with Gasteiger partial charge in [0.2, 0.25) is 0 Å². The highest BCUT2D eigenvalue weighted by molar-refractivity contribution is 6.41. The van der Waals surface area contributed by atoms with E-state index in [1.165, 1.54) is 0 Å². The molecule has 0 saturated heterocycles. The number of carbonyl (C=O) groups is 1. The van der Waals surface area contributed by atoms with Crippen LogP contribution >= 0.6 is 34.8 Å². The molecule has 0 aliphatic carbocycles. The smallest absolute Gasteiger partial charge is 0.286 e. The van der Waals surface area contributed by atoms with Crippen LogP contribution in [0.25, 0.3) is 0 Å². The average Bonchev–Trinajstić information content (AvgIpc) is 3.24. The molecule has 1 amide bonds. The van der Waals surface area contributed by atoms with E-state index in [0.29, 0.717) is 51.9 Å². The zero-order valence-electron chi connectivity index (χ0n) is 15.0. The molecule has 2 aromatic heterocycles. The largest absolute Gasteiger partial charge is 0.486 e. The molecule has 1 N–H and O–H groups in total. The fraction of sp³-hybridized carbons (Fsp3) is 0.263. The number of hydrogen-bond acceptors (Lipinski definition) is 4. The van der Waals surface area contributed by atoms with Gasteiger partial charge in [-0.05, 0) is 43.7 Å². The molecule has 2 heterocycles. The number of nitrogens with one attached hydrogen (secondary N) is 1. The molecule has 6 nitrogen and oxygen atoms in total. The lowest BCUT2D eigenvalue weighted by Gasteiger charge is -2.05. The van der Waals surface area contributed by atoms with E-state index in [2.05, 4.69) is 10.4 Å². The van der Waals surface area contributed by atoms with Crippen LogP contribution in [0.4, 0.5) is 0 Å². The highest BCUT2D eigenvalue weighted by atomic mass is 35.5. The van der Waals surface area contributed by atoms with Gasteiger partial charge in [-0.15, -0.1) is 0 Å². The van der Waals surface area contributed by atoms with Gasteiger partial charge in [-0.1, -0.05) is 40.9 Å². The van der Waals surface area contributed by atoms with Crippen molar-refractivity contribution >= 4 is 40.7 Å². The van der Waals surface area contributed by atoms with Gasteiger partial charge in [0, 0.05) is 18.1 Å². The van der Waals surface area contributed by atoms with E-state index >= 15 is 0 Å². The zero-order chi connectivity index (χ0) is 20.1. The molecule has 28 heavy (non-hydrogen) atoms. The molecule has 3 aromatic rings. The predicted octanol–water partition coefficient (Wildman–Crippen LogP) is 5.14. The molecule has 0 radical (unpaired) electrons. The van der Waals surface area contributed by atoms with Gasteiger partial charge < -0.3 is 14.5 Å². The Bertz CT molecular complexity index is 968. The minimum absolute atomic E-state index is 0.200. The highest BCUT2D eigenvalue weighted by Crippen LogP contribution is 2.25. The van der Waals surface area contributed by atoms with Crippen molar-refractivity contribution in [3.05, 3.63) is 68.8 Å². The van der Waals surface area contributed by atoms with Gasteiger partial charge in [-0.25, -0.2) is 0 Å². The average molecular weight is 443 g/mol. The quantitative estimate of drug-likeness (QED) is 0.490. The normalized spacial score (nSPS) is 10.9. The van der Waals surface area contributed by atoms with Crippen LogP contribution in [0.15, 0.2) is 40.8 Å². The summed E-state index contributed by atoms with van der Waals surface area (Å²) in [5.41, 5.74) is 0.679. The van der Waals surface area contributed by atoms with E-state index in [-0.39, 0.29) is 18.3 Å². The third-order valence-electron chi connectivity index (χ3n) is 3.89. The van der Waals surface area contributed by atoms with Crippen molar-refractivity contribution in [1.29, 1.82) is 0 Å². The van der Waals surface area contributed by atoms with E-state index in [1.54, 1.807) is 48.0 Å². The molecule has 0 spiro atoms. The summed E-state index contributed by atoms with van der Waals surface area (Å²) in [7, 11) is 0. The summed E-state index contributed by atoms with van der Waals surface area (Å²) < 4.78 is 12.7. The Morgan fingerprint density at radius 2 is 2.07 bits per heavy atom. The summed E-state index contributed by atoms with van der Waals surface area (Å²) >= 11 is 18.0. The molecule has 0 aliphatic rings. The van der Waals surface area contributed by atoms with Crippen LogP contribution < -0.4 is 10.1 Å². The van der Waals surface area contributed by atoms with E-state index in [1.807, 2.05) is 0 Å². The number of rotatable bonds is 8. The lowest BCUT2D eigenvalue weighted by atomic mass is 10.3. The minimum Gasteiger partial charge on any atom is -0.486 e. The Morgan fingerprint density at radius 3 is 2.79 bits per heavy atom. The Labute approximate surface area is 177 Å². The monoisotopic (exact) mass is 441 g/mol. The minimum atomic E-state index is -0.296. The fourth-order valence-corrected chi connectivity index (χ4v) is 3.06. The first kappa shape index (κ1) is 20.6. The molecule has 148 valence electrons. The highest BCUT2D eigenvalue weighted by Gasteiger charge is 2.13. The fourth-order valence-electron chi connectivity index (χ4n) is 2.49. The van der Waals surface area contributed by atoms with Gasteiger partial charge in [0.15, 0.2) is 5.76 Å². The molecular weight excluding hydrogens is 425 g/mol. The number of carbonyl (C=O) groups excluding carboxylic acids is 1. The van der Waals surface area contributed by atoms with Crippen LogP contribution in [-0.4, -0.2) is 22.2 Å². The molecule has 0 saturated carbocycles. The van der Waals surface area contributed by atoms with Gasteiger partial charge >= 0.3 is 0 Å². The molecule has 0 bridgehead atoms. The number of ether oxygens (including phenoxy) is 1. The first-order valence-electron chi connectivity index (χ1n) is 8.57. The van der Waals surface area contributed by atoms with Crippen molar-refractivity contribution < 1.29 is 13.9 Å². The van der Waals surface area contributed by atoms with Crippen molar-refractivity contribution in [2.75, 3.05) is 6.54 Å². The first-order chi connectivity index (χ1) is 13.4. The van der Waals surface area contributed by atoms with Gasteiger partial charge in [0.1, 0.15) is 28.3 Å². The van der Waals surface area contributed by atoms with Crippen molar-refractivity contribution in [2.45, 2.75) is 26.5 Å². The zero-order valence-corrected chi connectivity index (χ0v) is 17.3. The maximum atomic E-state index is 12.2. The number of nitrogens with zero attached hydrogens (tertiary/aromatic N) is 2. The number of furan rings is 1. The maximum Gasteiger partial charge on any atom is 0.286 e. The Kier molecular flexibility index (Phi) is 6.88. The summed E-state index contributed by atoms with van der Waals surface area (Å²) in [6.45, 7) is 2.98. The van der Waals surface area contributed by atoms with Crippen molar-refractivity contribution in [1.82, 2.24) is 15.1 Å². The van der Waals surface area contributed by atoms with Crippen molar-refractivity contribution in [3.8, 4) is 5.75 Å². The van der Waals surface area contributed by atoms with Crippen molar-refractivity contribution in [3.63, 3.8) is 0 Å². The second-order valence-corrected chi connectivity index (χ2v) is 7.21. The third kappa shape index (κ3) is 5.22. The van der Waals surface area contributed by atoms with Gasteiger partial charge in [-0.3, -0.25) is 9.48 Å². The van der Waals surface area contributed by atoms with Crippen LogP contribution in [0.3, 0.4) is 0 Å². The SMILES string of the molecule is Cc1nn(CCCNC(=O)c2ccc(COc3cccc(Cl)c3)o2)c(Cl)c1Cl. The van der Waals surface area contributed by atoms with Crippen LogP contribution in [-0.2, 0) is 13.2 Å². The lowest BCUT2D eigenvalue weighted by Crippen LogP contribution is -2.25. The molecule has 3 rings (SSSR count).